The number of amides is 1. The van der Waals surface area contributed by atoms with E-state index < -0.39 is 11.9 Å². The van der Waals surface area contributed by atoms with Gasteiger partial charge in [-0.2, -0.15) is 5.26 Å². The number of hydrogen-bond donors (Lipinski definition) is 1. The average molecular weight is 445 g/mol. The Labute approximate surface area is 170 Å². The van der Waals surface area contributed by atoms with Gasteiger partial charge in [0, 0.05) is 0 Å². The van der Waals surface area contributed by atoms with Crippen LogP contribution in [0.4, 0.5) is 5.69 Å². The van der Waals surface area contributed by atoms with Crippen LogP contribution in [-0.4, -0.2) is 33.2 Å². The number of nitriles is 1. The molecule has 0 saturated carbocycles. The van der Waals surface area contributed by atoms with Gasteiger partial charge in [0.2, 0.25) is 0 Å². The predicted molar refractivity (Wildman–Crippen MR) is 107 cm³/mol. The lowest BCUT2D eigenvalue weighted by Gasteiger charge is -2.11. The number of benzene rings is 2. The van der Waals surface area contributed by atoms with E-state index in [1.54, 1.807) is 30.3 Å². The standard InChI is InChI=1S/C20H17BrN2O5/c1-26-17-10-12(9-15(21)18(17)27-2)8-13(11-22)19(24)23-16-7-5-4-6-14(16)20(25)28-3/h4-10H,1-3H3,(H,23,24)/b13-8-. The number of methoxy groups -OCH3 is 3. The van der Waals surface area contributed by atoms with Crippen LogP contribution in [0.3, 0.4) is 0 Å². The number of esters is 1. The van der Waals surface area contributed by atoms with Crippen molar-refractivity contribution >= 4 is 39.6 Å². The van der Waals surface area contributed by atoms with Crippen molar-refractivity contribution in [3.63, 3.8) is 0 Å². The molecule has 1 N–H and O–H groups in total. The molecule has 2 aromatic rings. The number of nitrogens with one attached hydrogen (secondary N) is 1. The molecule has 0 atom stereocenters. The summed E-state index contributed by atoms with van der Waals surface area (Å²) in [5.41, 5.74) is 0.828. The first-order valence-electron chi connectivity index (χ1n) is 7.97. The predicted octanol–water partition coefficient (Wildman–Crippen LogP) is 3.80. The fourth-order valence-electron chi connectivity index (χ4n) is 2.41. The highest BCUT2D eigenvalue weighted by Gasteiger charge is 2.17. The summed E-state index contributed by atoms with van der Waals surface area (Å²) >= 11 is 3.37. The van der Waals surface area contributed by atoms with E-state index in [0.717, 1.165) is 0 Å². The van der Waals surface area contributed by atoms with E-state index in [1.807, 2.05) is 6.07 Å². The van der Waals surface area contributed by atoms with Crippen molar-refractivity contribution in [1.82, 2.24) is 0 Å². The van der Waals surface area contributed by atoms with Crippen molar-refractivity contribution < 1.29 is 23.8 Å². The maximum absolute atomic E-state index is 12.6. The summed E-state index contributed by atoms with van der Waals surface area (Å²) in [7, 11) is 4.24. The third-order valence-corrected chi connectivity index (χ3v) is 4.30. The first-order valence-corrected chi connectivity index (χ1v) is 8.76. The highest BCUT2D eigenvalue weighted by molar-refractivity contribution is 9.10. The van der Waals surface area contributed by atoms with E-state index in [1.165, 1.54) is 33.5 Å². The molecule has 2 aromatic carbocycles. The molecule has 28 heavy (non-hydrogen) atoms. The second-order valence-electron chi connectivity index (χ2n) is 5.40. The van der Waals surface area contributed by atoms with Gasteiger partial charge >= 0.3 is 5.97 Å². The van der Waals surface area contributed by atoms with Crippen LogP contribution in [0.15, 0.2) is 46.4 Å². The molecule has 0 heterocycles. The number of carbonyl (C=O) groups excluding carboxylic acids is 2. The Kier molecular flexibility index (Phi) is 7.18. The number of rotatable bonds is 6. The van der Waals surface area contributed by atoms with E-state index in [0.29, 0.717) is 21.5 Å². The zero-order chi connectivity index (χ0) is 20.7. The summed E-state index contributed by atoms with van der Waals surface area (Å²) in [4.78, 5) is 24.4. The highest BCUT2D eigenvalue weighted by Crippen LogP contribution is 2.36. The maximum Gasteiger partial charge on any atom is 0.339 e. The number of anilines is 1. The van der Waals surface area contributed by atoms with Gasteiger partial charge in [0.1, 0.15) is 11.6 Å². The molecule has 144 valence electrons. The average Bonchev–Trinajstić information content (AvgIpc) is 2.71. The van der Waals surface area contributed by atoms with E-state index in [2.05, 4.69) is 21.2 Å². The fraction of sp³-hybridized carbons (Fsp3) is 0.150. The van der Waals surface area contributed by atoms with Crippen molar-refractivity contribution in [2.45, 2.75) is 0 Å². The van der Waals surface area contributed by atoms with Crippen LogP contribution in [-0.2, 0) is 9.53 Å². The Morgan fingerprint density at radius 3 is 2.46 bits per heavy atom. The molecule has 1 amide bonds. The SMILES string of the molecule is COC(=O)c1ccccc1NC(=O)/C(C#N)=C\c1cc(Br)c(OC)c(OC)c1. The molecular weight excluding hydrogens is 428 g/mol. The number of halogens is 1. The Morgan fingerprint density at radius 1 is 1.14 bits per heavy atom. The lowest BCUT2D eigenvalue weighted by Crippen LogP contribution is -2.16. The van der Waals surface area contributed by atoms with Crippen LogP contribution >= 0.6 is 15.9 Å². The van der Waals surface area contributed by atoms with Gasteiger partial charge in [-0.1, -0.05) is 12.1 Å². The van der Waals surface area contributed by atoms with Gasteiger partial charge in [0.15, 0.2) is 11.5 Å². The molecule has 0 spiro atoms. The van der Waals surface area contributed by atoms with Crippen LogP contribution < -0.4 is 14.8 Å². The molecule has 0 unspecified atom stereocenters. The van der Waals surface area contributed by atoms with Gasteiger partial charge < -0.3 is 19.5 Å². The van der Waals surface area contributed by atoms with Crippen molar-refractivity contribution in [2.24, 2.45) is 0 Å². The van der Waals surface area contributed by atoms with E-state index in [4.69, 9.17) is 14.2 Å². The second-order valence-corrected chi connectivity index (χ2v) is 6.25. The topological polar surface area (TPSA) is 97.7 Å². The Morgan fingerprint density at radius 2 is 1.86 bits per heavy atom. The van der Waals surface area contributed by atoms with Crippen molar-refractivity contribution in [3.05, 3.63) is 57.6 Å². The summed E-state index contributed by atoms with van der Waals surface area (Å²) in [5, 5.41) is 12.0. The number of para-hydroxylation sites is 1. The lowest BCUT2D eigenvalue weighted by molar-refractivity contribution is -0.112. The van der Waals surface area contributed by atoms with Gasteiger partial charge in [-0.3, -0.25) is 4.79 Å². The Hall–Kier alpha value is -3.31. The van der Waals surface area contributed by atoms with Gasteiger partial charge in [-0.15, -0.1) is 0 Å². The molecule has 2 rings (SSSR count). The summed E-state index contributed by atoms with van der Waals surface area (Å²) in [6.07, 6.45) is 1.41. The van der Waals surface area contributed by atoms with E-state index in [9.17, 15) is 14.9 Å². The van der Waals surface area contributed by atoms with Crippen LogP contribution in [0.2, 0.25) is 0 Å². The molecule has 0 aliphatic rings. The van der Waals surface area contributed by atoms with Gasteiger partial charge in [0.25, 0.3) is 5.91 Å². The van der Waals surface area contributed by atoms with Crippen LogP contribution in [0.5, 0.6) is 11.5 Å². The zero-order valence-electron chi connectivity index (χ0n) is 15.4. The summed E-state index contributed by atoms with van der Waals surface area (Å²) in [5.74, 6) is -0.321. The van der Waals surface area contributed by atoms with Crippen LogP contribution in [0.1, 0.15) is 15.9 Å². The molecule has 7 nitrogen and oxygen atoms in total. The molecular formula is C20H17BrN2O5. The number of nitrogens with zero attached hydrogens (tertiary/aromatic N) is 1. The van der Waals surface area contributed by atoms with Crippen molar-refractivity contribution in [1.29, 1.82) is 5.26 Å². The molecule has 8 heteroatoms. The third-order valence-electron chi connectivity index (χ3n) is 3.71. The monoisotopic (exact) mass is 444 g/mol. The van der Waals surface area contributed by atoms with Crippen molar-refractivity contribution in [2.75, 3.05) is 26.6 Å². The lowest BCUT2D eigenvalue weighted by atomic mass is 10.1. The summed E-state index contributed by atoms with van der Waals surface area (Å²) < 4.78 is 15.8. The van der Waals surface area contributed by atoms with Crippen LogP contribution in [0.25, 0.3) is 6.08 Å². The molecule has 0 aliphatic heterocycles. The number of hydrogen-bond acceptors (Lipinski definition) is 6. The van der Waals surface area contributed by atoms with Gasteiger partial charge in [-0.05, 0) is 51.8 Å². The third kappa shape index (κ3) is 4.69. The zero-order valence-corrected chi connectivity index (χ0v) is 17.0. The maximum atomic E-state index is 12.6. The Bertz CT molecular complexity index is 979. The highest BCUT2D eigenvalue weighted by atomic mass is 79.9. The van der Waals surface area contributed by atoms with Gasteiger partial charge in [0.05, 0.1) is 37.1 Å². The number of carbonyl (C=O) groups is 2. The molecule has 0 aromatic heterocycles. The first kappa shape index (κ1) is 21.0. The van der Waals surface area contributed by atoms with Crippen LogP contribution in [0, 0.1) is 11.3 Å². The minimum Gasteiger partial charge on any atom is -0.493 e. The minimum atomic E-state index is -0.662. The minimum absolute atomic E-state index is 0.154. The van der Waals surface area contributed by atoms with E-state index >= 15 is 0 Å². The van der Waals surface area contributed by atoms with Gasteiger partial charge in [-0.25, -0.2) is 4.79 Å². The first-order chi connectivity index (χ1) is 13.4. The Balaban J connectivity index is 2.37. The largest absolute Gasteiger partial charge is 0.493 e. The molecule has 0 bridgehead atoms. The van der Waals surface area contributed by atoms with Crippen molar-refractivity contribution in [3.8, 4) is 17.6 Å². The molecule has 0 aliphatic carbocycles. The smallest absolute Gasteiger partial charge is 0.339 e. The fourth-order valence-corrected chi connectivity index (χ4v) is 3.03. The normalized spacial score (nSPS) is 10.6. The second kappa shape index (κ2) is 9.58. The summed E-state index contributed by atoms with van der Waals surface area (Å²) in [6, 6.07) is 11.6. The molecule has 0 radical (unpaired) electrons. The molecule has 0 fully saturated rings. The quantitative estimate of drug-likeness (QED) is 0.413. The van der Waals surface area contributed by atoms with E-state index in [-0.39, 0.29) is 16.8 Å². The summed E-state index contributed by atoms with van der Waals surface area (Å²) in [6.45, 7) is 0. The molecule has 0 saturated heterocycles. The number of ether oxygens (including phenoxy) is 3.